The molecule has 176 valence electrons. The molecule has 3 rings (SSSR count). The molecule has 9 heteroatoms. The lowest BCUT2D eigenvalue weighted by atomic mass is 10.0. The number of benzene rings is 2. The fraction of sp³-hybridized carbons (Fsp3) is 0.200. The van der Waals surface area contributed by atoms with E-state index in [1.165, 1.54) is 0 Å². The number of ether oxygens (including phenoxy) is 1. The number of aromatic nitrogens is 1. The molecule has 2 aromatic carbocycles. The smallest absolute Gasteiger partial charge is 0.412 e. The maximum absolute atomic E-state index is 14.0. The van der Waals surface area contributed by atoms with Crippen molar-refractivity contribution in [1.82, 2.24) is 4.98 Å². The number of hydrogen-bond acceptors (Lipinski definition) is 5. The van der Waals surface area contributed by atoms with Crippen LogP contribution < -0.4 is 10.6 Å². The van der Waals surface area contributed by atoms with Gasteiger partial charge in [-0.1, -0.05) is 29.8 Å². The minimum Gasteiger partial charge on any atom is -0.444 e. The molecular formula is C25H23ClFN3O4. The van der Waals surface area contributed by atoms with Crippen LogP contribution in [0.2, 0.25) is 5.02 Å². The third-order valence-electron chi connectivity index (χ3n) is 4.49. The summed E-state index contributed by atoms with van der Waals surface area (Å²) in [5.41, 5.74) is 1.23. The summed E-state index contributed by atoms with van der Waals surface area (Å²) in [5, 5.41) is 4.63. The number of rotatable bonds is 6. The normalized spacial score (nSPS) is 11.0. The molecule has 0 radical (unpaired) electrons. The number of Topliss-reactive ketones (excluding diaryl/α,β-unsaturated/α-hetero) is 1. The predicted molar refractivity (Wildman–Crippen MR) is 129 cm³/mol. The van der Waals surface area contributed by atoms with E-state index in [2.05, 4.69) is 15.6 Å². The van der Waals surface area contributed by atoms with Gasteiger partial charge in [-0.2, -0.15) is 0 Å². The van der Waals surface area contributed by atoms with Gasteiger partial charge in [0.2, 0.25) is 5.91 Å². The minimum atomic E-state index is -0.839. The first-order chi connectivity index (χ1) is 16.0. The Labute approximate surface area is 201 Å². The van der Waals surface area contributed by atoms with E-state index in [-0.39, 0.29) is 16.4 Å². The van der Waals surface area contributed by atoms with Gasteiger partial charge in [-0.15, -0.1) is 0 Å². The van der Waals surface area contributed by atoms with Crippen molar-refractivity contribution in [2.45, 2.75) is 32.8 Å². The number of hydrogen-bond donors (Lipinski definition) is 2. The predicted octanol–water partition coefficient (Wildman–Crippen LogP) is 6.10. The van der Waals surface area contributed by atoms with Crippen LogP contribution >= 0.6 is 11.6 Å². The second kappa shape index (κ2) is 10.4. The topological polar surface area (TPSA) is 97.4 Å². The van der Waals surface area contributed by atoms with Crippen LogP contribution in [-0.2, 0) is 9.53 Å². The lowest BCUT2D eigenvalue weighted by molar-refractivity contribution is -0.115. The summed E-state index contributed by atoms with van der Waals surface area (Å²) in [6, 6.07) is 12.6. The van der Waals surface area contributed by atoms with Gasteiger partial charge in [0, 0.05) is 24.0 Å². The van der Waals surface area contributed by atoms with E-state index >= 15 is 0 Å². The van der Waals surface area contributed by atoms with Crippen LogP contribution in [0.4, 0.5) is 20.6 Å². The van der Waals surface area contributed by atoms with E-state index in [4.69, 9.17) is 16.3 Å². The zero-order valence-electron chi connectivity index (χ0n) is 18.8. The lowest BCUT2D eigenvalue weighted by Crippen LogP contribution is -2.27. The van der Waals surface area contributed by atoms with Crippen molar-refractivity contribution in [3.8, 4) is 11.1 Å². The Balaban J connectivity index is 1.74. The van der Waals surface area contributed by atoms with Crippen molar-refractivity contribution in [3.63, 3.8) is 0 Å². The van der Waals surface area contributed by atoms with Gasteiger partial charge >= 0.3 is 6.09 Å². The van der Waals surface area contributed by atoms with Crippen molar-refractivity contribution < 1.29 is 23.5 Å². The Kier molecular flexibility index (Phi) is 7.63. The van der Waals surface area contributed by atoms with E-state index in [9.17, 15) is 18.8 Å². The van der Waals surface area contributed by atoms with E-state index < -0.39 is 35.6 Å². The molecule has 7 nitrogen and oxygen atoms in total. The Morgan fingerprint density at radius 3 is 2.32 bits per heavy atom. The highest BCUT2D eigenvalue weighted by molar-refractivity contribution is 6.31. The van der Waals surface area contributed by atoms with Gasteiger partial charge < -0.3 is 10.1 Å². The van der Waals surface area contributed by atoms with Gasteiger partial charge in [0.1, 0.15) is 11.4 Å². The van der Waals surface area contributed by atoms with Gasteiger partial charge in [-0.05, 0) is 56.2 Å². The van der Waals surface area contributed by atoms with Gasteiger partial charge in [0.25, 0.3) is 0 Å². The van der Waals surface area contributed by atoms with Gasteiger partial charge in [0.15, 0.2) is 5.78 Å². The Morgan fingerprint density at radius 1 is 0.971 bits per heavy atom. The van der Waals surface area contributed by atoms with Crippen LogP contribution in [0, 0.1) is 5.82 Å². The molecule has 0 saturated carbocycles. The summed E-state index contributed by atoms with van der Waals surface area (Å²) in [6.07, 6.45) is 1.98. The molecule has 34 heavy (non-hydrogen) atoms. The summed E-state index contributed by atoms with van der Waals surface area (Å²) < 4.78 is 19.2. The Bertz CT molecular complexity index is 1230. The molecule has 0 saturated heterocycles. The summed E-state index contributed by atoms with van der Waals surface area (Å²) in [6.45, 7) is 5.02. The number of ketones is 1. The van der Waals surface area contributed by atoms with Crippen LogP contribution in [0.1, 0.15) is 37.6 Å². The SMILES string of the molecule is CC(C)(C)OC(=O)Nc1cc(F)c(Cl)cc1NC(=O)CC(=O)c1cccc(-c2ccncc2)c1. The number of amides is 2. The molecule has 0 spiro atoms. The molecule has 0 aliphatic heterocycles. The van der Waals surface area contributed by atoms with Crippen molar-refractivity contribution in [2.24, 2.45) is 0 Å². The highest BCUT2D eigenvalue weighted by atomic mass is 35.5. The van der Waals surface area contributed by atoms with E-state index in [1.807, 2.05) is 18.2 Å². The molecule has 2 N–H and O–H groups in total. The number of pyridine rings is 1. The molecule has 0 aliphatic rings. The minimum absolute atomic E-state index is 0.0283. The first-order valence-electron chi connectivity index (χ1n) is 10.3. The highest BCUT2D eigenvalue weighted by Gasteiger charge is 2.20. The number of halogens is 2. The molecule has 0 atom stereocenters. The van der Waals surface area contributed by atoms with E-state index in [1.54, 1.807) is 51.4 Å². The van der Waals surface area contributed by atoms with Crippen LogP contribution in [0.5, 0.6) is 0 Å². The summed E-state index contributed by atoms with van der Waals surface area (Å²) >= 11 is 5.85. The Morgan fingerprint density at radius 2 is 1.65 bits per heavy atom. The van der Waals surface area contributed by atoms with Crippen molar-refractivity contribution in [1.29, 1.82) is 0 Å². The standard InChI is InChI=1S/C25H23ClFN3O4/c1-25(2,3)34-24(33)30-21-13-19(27)18(26)12-20(21)29-23(32)14-22(31)17-6-4-5-16(11-17)15-7-9-28-10-8-15/h4-13H,14H2,1-3H3,(H,29,32)(H,30,33). The van der Waals surface area contributed by atoms with Crippen LogP contribution in [0.3, 0.4) is 0 Å². The molecule has 1 aromatic heterocycles. The summed E-state index contributed by atoms with van der Waals surface area (Å²) in [4.78, 5) is 41.4. The second-order valence-corrected chi connectivity index (χ2v) is 8.81. The van der Waals surface area contributed by atoms with E-state index in [0.29, 0.717) is 5.56 Å². The average molecular weight is 484 g/mol. The molecular weight excluding hydrogens is 461 g/mol. The number of carbonyl (C=O) groups excluding carboxylic acids is 3. The maximum atomic E-state index is 14.0. The van der Waals surface area contributed by atoms with Crippen molar-refractivity contribution in [3.05, 3.63) is 77.3 Å². The molecule has 0 unspecified atom stereocenters. The van der Waals surface area contributed by atoms with Crippen molar-refractivity contribution >= 4 is 40.8 Å². The summed E-state index contributed by atoms with van der Waals surface area (Å²) in [7, 11) is 0. The number of anilines is 2. The van der Waals surface area contributed by atoms with Crippen molar-refractivity contribution in [2.75, 3.05) is 10.6 Å². The molecule has 0 bridgehead atoms. The molecule has 1 heterocycles. The molecule has 0 aliphatic carbocycles. The third-order valence-corrected chi connectivity index (χ3v) is 4.78. The first kappa shape index (κ1) is 24.9. The first-order valence-corrected chi connectivity index (χ1v) is 10.7. The average Bonchev–Trinajstić information content (AvgIpc) is 2.76. The fourth-order valence-electron chi connectivity index (χ4n) is 3.03. The zero-order valence-corrected chi connectivity index (χ0v) is 19.6. The van der Waals surface area contributed by atoms with Gasteiger partial charge in [0.05, 0.1) is 22.8 Å². The second-order valence-electron chi connectivity index (χ2n) is 8.40. The monoisotopic (exact) mass is 483 g/mol. The number of nitrogens with zero attached hydrogens (tertiary/aromatic N) is 1. The van der Waals surface area contributed by atoms with Crippen LogP contribution in [0.25, 0.3) is 11.1 Å². The van der Waals surface area contributed by atoms with Gasteiger partial charge in [-0.3, -0.25) is 19.9 Å². The lowest BCUT2D eigenvalue weighted by Gasteiger charge is -2.20. The Hall–Kier alpha value is -3.78. The highest BCUT2D eigenvalue weighted by Crippen LogP contribution is 2.29. The quantitative estimate of drug-likeness (QED) is 0.326. The zero-order chi connectivity index (χ0) is 24.9. The number of nitrogens with one attached hydrogen (secondary N) is 2. The van der Waals surface area contributed by atoms with E-state index in [0.717, 1.165) is 23.3 Å². The summed E-state index contributed by atoms with van der Waals surface area (Å²) in [5.74, 6) is -1.87. The van der Waals surface area contributed by atoms with Crippen LogP contribution in [0.15, 0.2) is 60.9 Å². The third kappa shape index (κ3) is 6.86. The molecule has 3 aromatic rings. The largest absolute Gasteiger partial charge is 0.444 e. The number of carbonyl (C=O) groups is 3. The maximum Gasteiger partial charge on any atom is 0.412 e. The van der Waals surface area contributed by atoms with Crippen LogP contribution in [-0.4, -0.2) is 28.4 Å². The molecule has 0 fully saturated rings. The van der Waals surface area contributed by atoms with Gasteiger partial charge in [-0.25, -0.2) is 9.18 Å². The molecule has 2 amide bonds. The fourth-order valence-corrected chi connectivity index (χ4v) is 3.19.